The van der Waals surface area contributed by atoms with Gasteiger partial charge in [0, 0.05) is 31.2 Å². The van der Waals surface area contributed by atoms with Crippen LogP contribution < -0.4 is 9.62 Å². The van der Waals surface area contributed by atoms with Crippen LogP contribution in [0.1, 0.15) is 26.3 Å². The number of amides is 2. The summed E-state index contributed by atoms with van der Waals surface area (Å²) in [5, 5.41) is 2.79. The molecule has 0 saturated carbocycles. The van der Waals surface area contributed by atoms with Gasteiger partial charge >= 0.3 is 10.2 Å². The minimum atomic E-state index is -4.09. The zero-order valence-corrected chi connectivity index (χ0v) is 22.2. The van der Waals surface area contributed by atoms with E-state index in [1.807, 2.05) is 38.1 Å². The number of nitrogens with zero attached hydrogens (tertiary/aromatic N) is 3. The lowest BCUT2D eigenvalue weighted by Crippen LogP contribution is -2.53. The Balaban J connectivity index is 2.43. The number of halogens is 2. The fraction of sp³-hybridized carbons (Fsp3) is 0.391. The summed E-state index contributed by atoms with van der Waals surface area (Å²) in [6.07, 6.45) is 0. The molecule has 0 radical (unpaired) electrons. The van der Waals surface area contributed by atoms with Crippen LogP contribution in [0, 0.1) is 5.82 Å². The SMILES string of the molecule is CC(C)NC(=O)[C@H](C)N(Cc1ccc(Br)cc1)C(=O)CN(c1ccc(F)cc1)S(=O)(=O)N(C)C. The van der Waals surface area contributed by atoms with Crippen molar-refractivity contribution in [1.29, 1.82) is 0 Å². The molecule has 11 heteroatoms. The maximum Gasteiger partial charge on any atom is 0.304 e. The predicted octanol–water partition coefficient (Wildman–Crippen LogP) is 3.14. The highest BCUT2D eigenvalue weighted by Crippen LogP contribution is 2.21. The standard InChI is InChI=1S/C23H30BrFN4O4S/c1-16(2)26-23(31)17(3)28(14-18-6-8-19(24)9-7-18)22(30)15-29(34(32,33)27(4)5)21-12-10-20(25)11-13-21/h6-13,16-17H,14-15H2,1-5H3,(H,26,31)/t17-/m0/s1. The number of hydrogen-bond donors (Lipinski definition) is 1. The number of carbonyl (C=O) groups is 2. The van der Waals surface area contributed by atoms with E-state index in [2.05, 4.69) is 21.2 Å². The Hall–Kier alpha value is -2.50. The second-order valence-corrected chi connectivity index (χ2v) is 11.2. The summed E-state index contributed by atoms with van der Waals surface area (Å²) in [6, 6.07) is 11.1. The quantitative estimate of drug-likeness (QED) is 0.486. The Morgan fingerprint density at radius 2 is 1.56 bits per heavy atom. The molecule has 34 heavy (non-hydrogen) atoms. The van der Waals surface area contributed by atoms with E-state index in [0.29, 0.717) is 0 Å². The van der Waals surface area contributed by atoms with Gasteiger partial charge in [0.2, 0.25) is 11.8 Å². The van der Waals surface area contributed by atoms with Crippen molar-refractivity contribution >= 4 is 43.6 Å². The van der Waals surface area contributed by atoms with E-state index in [-0.39, 0.29) is 24.2 Å². The van der Waals surface area contributed by atoms with Gasteiger partial charge in [0.1, 0.15) is 18.4 Å². The van der Waals surface area contributed by atoms with Crippen LogP contribution in [0.5, 0.6) is 0 Å². The minimum Gasteiger partial charge on any atom is -0.352 e. The molecule has 0 fully saturated rings. The van der Waals surface area contributed by atoms with Crippen molar-refractivity contribution in [3.8, 4) is 0 Å². The van der Waals surface area contributed by atoms with Crippen LogP contribution in [0.2, 0.25) is 0 Å². The molecule has 0 saturated heterocycles. The van der Waals surface area contributed by atoms with Gasteiger partial charge in [0.15, 0.2) is 0 Å². The molecular formula is C23H30BrFN4O4S. The lowest BCUT2D eigenvalue weighted by atomic mass is 10.1. The molecule has 2 amide bonds. The average molecular weight is 557 g/mol. The molecule has 8 nitrogen and oxygen atoms in total. The van der Waals surface area contributed by atoms with E-state index in [1.165, 1.54) is 31.1 Å². The molecule has 0 aliphatic carbocycles. The molecule has 2 aromatic rings. The third-order valence-corrected chi connectivity index (χ3v) is 7.35. The Morgan fingerprint density at radius 3 is 2.06 bits per heavy atom. The van der Waals surface area contributed by atoms with Gasteiger partial charge < -0.3 is 10.2 Å². The van der Waals surface area contributed by atoms with Crippen LogP contribution in [0.4, 0.5) is 10.1 Å². The first-order valence-electron chi connectivity index (χ1n) is 10.6. The zero-order chi connectivity index (χ0) is 25.6. The van der Waals surface area contributed by atoms with Gasteiger partial charge in [0.25, 0.3) is 0 Å². The summed E-state index contributed by atoms with van der Waals surface area (Å²) in [6.45, 7) is 4.74. The highest BCUT2D eigenvalue weighted by molar-refractivity contribution is 9.10. The van der Waals surface area contributed by atoms with E-state index < -0.39 is 34.5 Å². The molecule has 1 N–H and O–H groups in total. The van der Waals surface area contributed by atoms with Crippen molar-refractivity contribution in [2.24, 2.45) is 0 Å². The number of rotatable bonds is 10. The maximum atomic E-state index is 13.5. The van der Waals surface area contributed by atoms with Crippen molar-refractivity contribution in [3.05, 3.63) is 64.4 Å². The first-order chi connectivity index (χ1) is 15.8. The minimum absolute atomic E-state index is 0.0953. The highest BCUT2D eigenvalue weighted by atomic mass is 79.9. The van der Waals surface area contributed by atoms with Crippen LogP contribution in [0.3, 0.4) is 0 Å². The number of anilines is 1. The Kier molecular flexibility index (Phi) is 9.60. The Morgan fingerprint density at radius 1 is 1.00 bits per heavy atom. The lowest BCUT2D eigenvalue weighted by molar-refractivity contribution is -0.139. The summed E-state index contributed by atoms with van der Waals surface area (Å²) < 4.78 is 42.2. The highest BCUT2D eigenvalue weighted by Gasteiger charge is 2.32. The largest absolute Gasteiger partial charge is 0.352 e. The first kappa shape index (κ1) is 27.7. The van der Waals surface area contributed by atoms with Crippen molar-refractivity contribution in [3.63, 3.8) is 0 Å². The topological polar surface area (TPSA) is 90.0 Å². The Bertz CT molecular complexity index is 1090. The second-order valence-electron chi connectivity index (χ2n) is 8.26. The van der Waals surface area contributed by atoms with Gasteiger partial charge in [-0.05, 0) is 62.7 Å². The smallest absolute Gasteiger partial charge is 0.304 e. The molecule has 2 rings (SSSR count). The molecule has 0 aliphatic rings. The molecule has 1 atom stereocenters. The van der Waals surface area contributed by atoms with Gasteiger partial charge in [0.05, 0.1) is 5.69 Å². The van der Waals surface area contributed by atoms with Crippen molar-refractivity contribution < 1.29 is 22.4 Å². The summed E-state index contributed by atoms with van der Waals surface area (Å²) in [7, 11) is -1.40. The fourth-order valence-electron chi connectivity index (χ4n) is 3.10. The van der Waals surface area contributed by atoms with Gasteiger partial charge in [-0.2, -0.15) is 12.7 Å². The molecule has 0 bridgehead atoms. The first-order valence-corrected chi connectivity index (χ1v) is 12.8. The van der Waals surface area contributed by atoms with Crippen LogP contribution in [0.15, 0.2) is 53.0 Å². The number of benzene rings is 2. The van der Waals surface area contributed by atoms with Gasteiger partial charge in [-0.15, -0.1) is 0 Å². The molecule has 0 spiro atoms. The van der Waals surface area contributed by atoms with Crippen LogP contribution in [0.25, 0.3) is 0 Å². The van der Waals surface area contributed by atoms with E-state index in [9.17, 15) is 22.4 Å². The molecule has 0 aromatic heterocycles. The predicted molar refractivity (Wildman–Crippen MR) is 134 cm³/mol. The second kappa shape index (κ2) is 11.8. The third kappa shape index (κ3) is 7.25. The summed E-state index contributed by atoms with van der Waals surface area (Å²) in [4.78, 5) is 27.6. The van der Waals surface area contributed by atoms with Crippen LogP contribution >= 0.6 is 15.9 Å². The monoisotopic (exact) mass is 556 g/mol. The molecule has 0 aliphatic heterocycles. The lowest BCUT2D eigenvalue weighted by Gasteiger charge is -2.33. The summed E-state index contributed by atoms with van der Waals surface area (Å²) >= 11 is 3.37. The Labute approximate surface area is 209 Å². The van der Waals surface area contributed by atoms with Crippen molar-refractivity contribution in [1.82, 2.24) is 14.5 Å². The van der Waals surface area contributed by atoms with Gasteiger partial charge in [-0.25, -0.2) is 8.70 Å². The van der Waals surface area contributed by atoms with Crippen LogP contribution in [-0.4, -0.2) is 62.2 Å². The molecule has 2 aromatic carbocycles. The number of hydrogen-bond acceptors (Lipinski definition) is 4. The van der Waals surface area contributed by atoms with Crippen molar-refractivity contribution in [2.45, 2.75) is 39.4 Å². The normalized spacial score (nSPS) is 12.5. The average Bonchev–Trinajstić information content (AvgIpc) is 2.76. The number of nitrogens with one attached hydrogen (secondary N) is 1. The van der Waals surface area contributed by atoms with E-state index in [4.69, 9.17) is 0 Å². The molecule has 186 valence electrons. The van der Waals surface area contributed by atoms with Crippen LogP contribution in [-0.2, 0) is 26.3 Å². The van der Waals surface area contributed by atoms with E-state index in [0.717, 1.165) is 30.8 Å². The molecule has 0 heterocycles. The van der Waals surface area contributed by atoms with E-state index in [1.54, 1.807) is 6.92 Å². The maximum absolute atomic E-state index is 13.5. The van der Waals surface area contributed by atoms with E-state index >= 15 is 0 Å². The molecular weight excluding hydrogens is 527 g/mol. The summed E-state index contributed by atoms with van der Waals surface area (Å²) in [5.74, 6) is -1.47. The number of carbonyl (C=O) groups excluding carboxylic acids is 2. The summed E-state index contributed by atoms with van der Waals surface area (Å²) in [5.41, 5.74) is 0.899. The fourth-order valence-corrected chi connectivity index (χ4v) is 4.42. The molecule has 0 unspecified atom stereocenters. The van der Waals surface area contributed by atoms with Gasteiger partial charge in [-0.3, -0.25) is 9.59 Å². The van der Waals surface area contributed by atoms with Gasteiger partial charge in [-0.1, -0.05) is 28.1 Å². The van der Waals surface area contributed by atoms with Crippen molar-refractivity contribution in [2.75, 3.05) is 24.9 Å². The third-order valence-electron chi connectivity index (χ3n) is 5.00. The zero-order valence-electron chi connectivity index (χ0n) is 19.8.